The molecule has 0 aliphatic carbocycles. The fourth-order valence-corrected chi connectivity index (χ4v) is 7.30. The Balaban J connectivity index is 1.29. The summed E-state index contributed by atoms with van der Waals surface area (Å²) in [5.74, 6) is 1.07. The van der Waals surface area contributed by atoms with Gasteiger partial charge in [-0.2, -0.15) is 0 Å². The number of hydrogen-bond acceptors (Lipinski definition) is 8. The largest absolute Gasteiger partial charge is 0.497 e. The van der Waals surface area contributed by atoms with Gasteiger partial charge in [-0.25, -0.2) is 0 Å². The Morgan fingerprint density at radius 1 is 1.18 bits per heavy atom. The number of nitrogens with zero attached hydrogens (tertiary/aromatic N) is 3. The van der Waals surface area contributed by atoms with Gasteiger partial charge < -0.3 is 14.8 Å². The first-order valence-electron chi connectivity index (χ1n) is 13.2. The molecule has 0 spiro atoms. The van der Waals surface area contributed by atoms with E-state index in [0.717, 1.165) is 33.2 Å². The first-order valence-corrected chi connectivity index (χ1v) is 15.0. The lowest BCUT2D eigenvalue weighted by Crippen LogP contribution is -2.33. The molecular formula is C30H30N4O4S2. The molecule has 1 unspecified atom stereocenters. The molecule has 8 nitrogen and oxygen atoms in total. The zero-order chi connectivity index (χ0) is 27.9. The number of anilines is 1. The Kier molecular flexibility index (Phi) is 7.24. The van der Waals surface area contributed by atoms with Crippen LogP contribution in [0.5, 0.6) is 5.75 Å². The maximum Gasteiger partial charge on any atom is 0.234 e. The fourth-order valence-electron chi connectivity index (χ4n) is 5.25. The average molecular weight is 575 g/mol. The highest BCUT2D eigenvalue weighted by atomic mass is 32.2. The standard InChI is InChI=1S/C30H30N4O4S2/c1-30(2)15-22-23(16-38-30)40-28-25(22)26(36)21(14-9-18-7-5-4-6-8-18)27-32-33-29(34(27)28)39-17-24(35)31-19-10-12-20(37-3)13-11-19/h4-8,10-13,21H,9,14-17H2,1-3H3,(H,31,35). The quantitative estimate of drug-likeness (QED) is 0.265. The van der Waals surface area contributed by atoms with E-state index in [1.54, 1.807) is 42.7 Å². The third-order valence-corrected chi connectivity index (χ3v) is 9.39. The third-order valence-electron chi connectivity index (χ3n) is 7.28. The number of nitrogens with one attached hydrogen (secondary N) is 1. The molecule has 1 N–H and O–H groups in total. The summed E-state index contributed by atoms with van der Waals surface area (Å²) >= 11 is 2.89. The van der Waals surface area contributed by atoms with Crippen LogP contribution in [0, 0.1) is 0 Å². The zero-order valence-electron chi connectivity index (χ0n) is 22.6. The van der Waals surface area contributed by atoms with Crippen molar-refractivity contribution in [1.82, 2.24) is 14.8 Å². The summed E-state index contributed by atoms with van der Waals surface area (Å²) in [4.78, 5) is 27.9. The number of ether oxygens (including phenoxy) is 2. The Hall–Kier alpha value is -3.47. The minimum atomic E-state index is -0.410. The van der Waals surface area contributed by atoms with Gasteiger partial charge in [-0.15, -0.1) is 21.5 Å². The molecule has 206 valence electrons. The van der Waals surface area contributed by atoms with E-state index in [9.17, 15) is 9.59 Å². The number of ketones is 1. The van der Waals surface area contributed by atoms with E-state index >= 15 is 0 Å². The van der Waals surface area contributed by atoms with Crippen molar-refractivity contribution >= 4 is 40.5 Å². The summed E-state index contributed by atoms with van der Waals surface area (Å²) in [6.45, 7) is 4.60. The predicted molar refractivity (Wildman–Crippen MR) is 156 cm³/mol. The minimum absolute atomic E-state index is 0.106. The second-order valence-electron chi connectivity index (χ2n) is 10.6. The van der Waals surface area contributed by atoms with Crippen LogP contribution in [0.3, 0.4) is 0 Å². The van der Waals surface area contributed by atoms with Crippen LogP contribution in [0.2, 0.25) is 0 Å². The van der Waals surface area contributed by atoms with E-state index in [1.807, 2.05) is 22.8 Å². The molecule has 4 heterocycles. The van der Waals surface area contributed by atoms with E-state index in [1.165, 1.54) is 17.3 Å². The molecule has 0 fully saturated rings. The monoisotopic (exact) mass is 574 g/mol. The number of carbonyl (C=O) groups is 2. The average Bonchev–Trinajstić information content (AvgIpc) is 3.53. The maximum atomic E-state index is 14.1. The van der Waals surface area contributed by atoms with E-state index in [0.29, 0.717) is 36.1 Å². The lowest BCUT2D eigenvalue weighted by atomic mass is 9.84. The van der Waals surface area contributed by atoms with Crippen molar-refractivity contribution in [3.05, 3.63) is 82.0 Å². The molecule has 10 heteroatoms. The van der Waals surface area contributed by atoms with Gasteiger partial charge in [0.05, 0.1) is 36.6 Å². The molecule has 0 radical (unpaired) electrons. The SMILES string of the molecule is COc1ccc(NC(=O)CSc2nnc3n2-c2sc4c(c2C(=O)C3CCc2ccccc2)CC(C)(C)OC4)cc1. The van der Waals surface area contributed by atoms with Crippen LogP contribution in [-0.2, 0) is 29.0 Å². The van der Waals surface area contributed by atoms with E-state index in [2.05, 4.69) is 41.5 Å². The molecule has 2 aliphatic rings. The molecular weight excluding hydrogens is 544 g/mol. The Morgan fingerprint density at radius 2 is 1.95 bits per heavy atom. The van der Waals surface area contributed by atoms with Crippen molar-refractivity contribution in [2.75, 3.05) is 18.2 Å². The number of methoxy groups -OCH3 is 1. The second-order valence-corrected chi connectivity index (χ2v) is 12.6. The first kappa shape index (κ1) is 26.7. The first-order chi connectivity index (χ1) is 19.3. The lowest BCUT2D eigenvalue weighted by molar-refractivity contribution is -0.113. The fraction of sp³-hybridized carbons (Fsp3) is 0.333. The van der Waals surface area contributed by atoms with Gasteiger partial charge in [-0.1, -0.05) is 42.1 Å². The van der Waals surface area contributed by atoms with Gasteiger partial charge >= 0.3 is 0 Å². The molecule has 0 bridgehead atoms. The van der Waals surface area contributed by atoms with Crippen LogP contribution in [0.15, 0.2) is 59.8 Å². The minimum Gasteiger partial charge on any atom is -0.497 e. The van der Waals surface area contributed by atoms with Gasteiger partial charge in [0.15, 0.2) is 10.9 Å². The van der Waals surface area contributed by atoms with Crippen molar-refractivity contribution in [1.29, 1.82) is 0 Å². The van der Waals surface area contributed by atoms with E-state index in [-0.39, 0.29) is 23.0 Å². The number of thiophene rings is 1. The number of carbonyl (C=O) groups excluding carboxylic acids is 2. The highest BCUT2D eigenvalue weighted by Crippen LogP contribution is 2.46. The van der Waals surface area contributed by atoms with Crippen molar-refractivity contribution < 1.29 is 19.1 Å². The Labute approximate surface area is 241 Å². The van der Waals surface area contributed by atoms with Gasteiger partial charge in [0.2, 0.25) is 5.91 Å². The number of Topliss-reactive ketones (excluding diaryl/α,β-unsaturated/α-hetero) is 1. The highest BCUT2D eigenvalue weighted by Gasteiger charge is 2.42. The molecule has 2 aliphatic heterocycles. The Bertz CT molecular complexity index is 1560. The predicted octanol–water partition coefficient (Wildman–Crippen LogP) is 5.83. The van der Waals surface area contributed by atoms with Gasteiger partial charge in [-0.05, 0) is 62.1 Å². The highest BCUT2D eigenvalue weighted by molar-refractivity contribution is 7.99. The Morgan fingerprint density at radius 3 is 2.70 bits per heavy atom. The maximum absolute atomic E-state index is 14.1. The van der Waals surface area contributed by atoms with Crippen LogP contribution in [0.25, 0.3) is 5.00 Å². The number of aromatic nitrogens is 3. The lowest BCUT2D eigenvalue weighted by Gasteiger charge is -2.31. The summed E-state index contributed by atoms with van der Waals surface area (Å²) in [6, 6.07) is 17.4. The number of hydrogen-bond donors (Lipinski definition) is 1. The van der Waals surface area contributed by atoms with Gasteiger partial charge in [0.25, 0.3) is 0 Å². The molecule has 4 aromatic rings. The zero-order valence-corrected chi connectivity index (χ0v) is 24.2. The van der Waals surface area contributed by atoms with Crippen molar-refractivity contribution in [2.45, 2.75) is 56.4 Å². The van der Waals surface area contributed by atoms with Gasteiger partial charge in [0.1, 0.15) is 16.6 Å². The van der Waals surface area contributed by atoms with Crippen LogP contribution in [-0.4, -0.2) is 44.9 Å². The molecule has 6 rings (SSSR count). The van der Waals surface area contributed by atoms with Gasteiger partial charge in [0, 0.05) is 17.0 Å². The molecule has 40 heavy (non-hydrogen) atoms. The van der Waals surface area contributed by atoms with Crippen molar-refractivity contribution in [3.8, 4) is 10.8 Å². The number of fused-ring (bicyclic) bond motifs is 5. The number of amides is 1. The number of aryl methyl sites for hydroxylation is 1. The van der Waals surface area contributed by atoms with Crippen molar-refractivity contribution in [2.24, 2.45) is 0 Å². The van der Waals surface area contributed by atoms with Crippen LogP contribution >= 0.6 is 23.1 Å². The van der Waals surface area contributed by atoms with Gasteiger partial charge in [-0.3, -0.25) is 14.2 Å². The van der Waals surface area contributed by atoms with Crippen LogP contribution in [0.1, 0.15) is 58.4 Å². The summed E-state index contributed by atoms with van der Waals surface area (Å²) in [5, 5.41) is 13.4. The number of rotatable bonds is 8. The molecule has 1 amide bonds. The molecule has 1 atom stereocenters. The summed E-state index contributed by atoms with van der Waals surface area (Å²) in [7, 11) is 1.60. The third kappa shape index (κ3) is 5.18. The summed E-state index contributed by atoms with van der Waals surface area (Å²) in [6.07, 6.45) is 2.07. The van der Waals surface area contributed by atoms with E-state index < -0.39 is 5.92 Å². The van der Waals surface area contributed by atoms with Crippen LogP contribution in [0.4, 0.5) is 5.69 Å². The number of benzene rings is 2. The van der Waals surface area contributed by atoms with E-state index in [4.69, 9.17) is 9.47 Å². The van der Waals surface area contributed by atoms with Crippen LogP contribution < -0.4 is 10.1 Å². The molecule has 2 aromatic carbocycles. The smallest absolute Gasteiger partial charge is 0.234 e. The summed E-state index contributed by atoms with van der Waals surface area (Å²) < 4.78 is 13.3. The van der Waals surface area contributed by atoms with Crippen molar-refractivity contribution in [3.63, 3.8) is 0 Å². The second kappa shape index (κ2) is 10.8. The topological polar surface area (TPSA) is 95.3 Å². The molecule has 0 saturated carbocycles. The molecule has 2 aromatic heterocycles. The normalized spacial score (nSPS) is 17.1. The molecule has 0 saturated heterocycles. The number of thioether (sulfide) groups is 1. The summed E-state index contributed by atoms with van der Waals surface area (Å²) in [5.41, 5.74) is 3.38.